The molecule has 0 fully saturated rings. The summed E-state index contributed by atoms with van der Waals surface area (Å²) >= 11 is 0. The van der Waals surface area contributed by atoms with Crippen LogP contribution in [0.1, 0.15) is 11.1 Å². The van der Waals surface area contributed by atoms with E-state index in [1.807, 2.05) is 60.7 Å². The molecule has 2 N–H and O–H groups in total. The van der Waals surface area contributed by atoms with Gasteiger partial charge in [0.1, 0.15) is 23.0 Å². The minimum atomic E-state index is -0.0444. The zero-order chi connectivity index (χ0) is 39.0. The molecular weight excluding hydrogens is 713 g/mol. The summed E-state index contributed by atoms with van der Waals surface area (Å²) in [5.41, 5.74) is 8.03. The van der Waals surface area contributed by atoms with Crippen LogP contribution >= 0.6 is 0 Å². The van der Waals surface area contributed by atoms with Crippen molar-refractivity contribution in [3.05, 3.63) is 205 Å². The first-order chi connectivity index (χ1) is 28.6. The molecule has 10 aromatic carbocycles. The molecule has 0 saturated heterocycles. The first kappa shape index (κ1) is 35.2. The van der Waals surface area contributed by atoms with Gasteiger partial charge in [-0.15, -0.1) is 0 Å². The summed E-state index contributed by atoms with van der Waals surface area (Å²) < 4.78 is 13.6. The van der Waals surface area contributed by atoms with Gasteiger partial charge in [-0.2, -0.15) is 0 Å². The van der Waals surface area contributed by atoms with Gasteiger partial charge in [0.2, 0.25) is 0 Å². The van der Waals surface area contributed by atoms with Crippen LogP contribution < -0.4 is 9.47 Å². The molecule has 0 unspecified atom stereocenters. The molecule has 0 aromatic heterocycles. The van der Waals surface area contributed by atoms with E-state index in [1.165, 1.54) is 32.7 Å². The summed E-state index contributed by atoms with van der Waals surface area (Å²) in [5.74, 6) is 2.66. The predicted octanol–water partition coefficient (Wildman–Crippen LogP) is 13.9. The molecule has 0 heterocycles. The lowest BCUT2D eigenvalue weighted by molar-refractivity contribution is 0.281. The van der Waals surface area contributed by atoms with E-state index in [9.17, 15) is 10.2 Å². The smallest absolute Gasteiger partial charge is 0.136 e. The summed E-state index contributed by atoms with van der Waals surface area (Å²) in [6.07, 6.45) is 0. The predicted molar refractivity (Wildman–Crippen MR) is 238 cm³/mol. The van der Waals surface area contributed by atoms with Gasteiger partial charge in [0.25, 0.3) is 0 Å². The summed E-state index contributed by atoms with van der Waals surface area (Å²) in [7, 11) is 0. The molecule has 0 aliphatic heterocycles. The van der Waals surface area contributed by atoms with Gasteiger partial charge in [0, 0.05) is 11.1 Å². The molecular formula is C54H38O4. The number of hydrogen-bond donors (Lipinski definition) is 2. The Morgan fingerprint density at radius 3 is 1.17 bits per heavy atom. The Bertz CT molecular complexity index is 2910. The number of hydrogen-bond acceptors (Lipinski definition) is 4. The van der Waals surface area contributed by atoms with Crippen molar-refractivity contribution in [3.63, 3.8) is 0 Å². The molecule has 0 saturated carbocycles. The van der Waals surface area contributed by atoms with Gasteiger partial charge in [-0.05, 0) is 125 Å². The Morgan fingerprint density at radius 1 is 0.328 bits per heavy atom. The zero-order valence-electron chi connectivity index (χ0n) is 31.6. The van der Waals surface area contributed by atoms with Crippen LogP contribution in [-0.4, -0.2) is 10.2 Å². The molecule has 278 valence electrons. The van der Waals surface area contributed by atoms with E-state index in [1.54, 1.807) is 0 Å². The van der Waals surface area contributed by atoms with Crippen LogP contribution in [0.5, 0.6) is 23.0 Å². The average Bonchev–Trinajstić information content (AvgIpc) is 3.29. The number of aliphatic hydroxyl groups excluding tert-OH is 2. The number of benzene rings is 10. The third-order valence-electron chi connectivity index (χ3n) is 11.1. The van der Waals surface area contributed by atoms with Crippen LogP contribution in [0, 0.1) is 0 Å². The minimum Gasteiger partial charge on any atom is -0.457 e. The lowest BCUT2D eigenvalue weighted by Gasteiger charge is -2.21. The Hall–Kier alpha value is -7.24. The third kappa shape index (κ3) is 6.50. The molecule has 0 bridgehead atoms. The average molecular weight is 751 g/mol. The Labute approximate surface area is 336 Å². The van der Waals surface area contributed by atoms with Crippen LogP contribution in [-0.2, 0) is 13.2 Å². The molecule has 0 aliphatic carbocycles. The van der Waals surface area contributed by atoms with Crippen molar-refractivity contribution in [1.29, 1.82) is 0 Å². The normalized spacial score (nSPS) is 11.4. The summed E-state index contributed by atoms with van der Waals surface area (Å²) in [6.45, 7) is -0.0887. The molecule has 4 nitrogen and oxygen atoms in total. The molecule has 58 heavy (non-hydrogen) atoms. The van der Waals surface area contributed by atoms with Gasteiger partial charge in [-0.3, -0.25) is 0 Å². The first-order valence-electron chi connectivity index (χ1n) is 19.5. The van der Waals surface area contributed by atoms with Gasteiger partial charge in [-0.25, -0.2) is 0 Å². The summed E-state index contributed by atoms with van der Waals surface area (Å²) in [6, 6.07) is 66.7. The van der Waals surface area contributed by atoms with Gasteiger partial charge >= 0.3 is 0 Å². The fraction of sp³-hybridized carbons (Fsp3) is 0.0370. The standard InChI is InChI=1S/C54H38O4/c55-33-35-15-23-43(24-16-35)57-51-29-21-41-31-39(47-13-5-9-37-7-1-3-11-45(37)47)19-27-49(41)53(51)54-50-28-20-40(48-14-6-10-38-8-2-4-12-46(38)48)32-42(50)22-30-52(54)58-44-25-17-36(34-56)18-26-44/h1-32,55-56H,33-34H2. The maximum absolute atomic E-state index is 9.75. The summed E-state index contributed by atoms with van der Waals surface area (Å²) in [5, 5.41) is 28.5. The molecule has 0 amide bonds. The molecule has 10 rings (SSSR count). The van der Waals surface area contributed by atoms with E-state index < -0.39 is 0 Å². The lowest BCUT2D eigenvalue weighted by atomic mass is 9.89. The maximum Gasteiger partial charge on any atom is 0.136 e. The molecule has 0 spiro atoms. The van der Waals surface area contributed by atoms with Crippen LogP contribution in [0.15, 0.2) is 194 Å². The molecule has 0 aliphatic rings. The van der Waals surface area contributed by atoms with E-state index >= 15 is 0 Å². The first-order valence-corrected chi connectivity index (χ1v) is 19.5. The van der Waals surface area contributed by atoms with Crippen molar-refractivity contribution in [2.75, 3.05) is 0 Å². The number of aliphatic hydroxyl groups is 2. The fourth-order valence-corrected chi connectivity index (χ4v) is 8.17. The van der Waals surface area contributed by atoms with E-state index in [4.69, 9.17) is 9.47 Å². The number of fused-ring (bicyclic) bond motifs is 4. The molecule has 4 heteroatoms. The highest BCUT2D eigenvalue weighted by atomic mass is 16.5. The SMILES string of the molecule is OCc1ccc(Oc2ccc3cc(-c4cccc5ccccc45)ccc3c2-c2c(Oc3ccc(CO)cc3)ccc3cc(-c4cccc5ccccc45)ccc23)cc1. The second kappa shape index (κ2) is 15.0. The largest absolute Gasteiger partial charge is 0.457 e. The highest BCUT2D eigenvalue weighted by Crippen LogP contribution is 2.49. The summed E-state index contributed by atoms with van der Waals surface area (Å²) in [4.78, 5) is 0. The van der Waals surface area contributed by atoms with E-state index in [0.29, 0.717) is 23.0 Å². The third-order valence-corrected chi connectivity index (χ3v) is 11.1. The molecule has 0 radical (unpaired) electrons. The molecule has 0 atom stereocenters. The fourth-order valence-electron chi connectivity index (χ4n) is 8.17. The highest BCUT2D eigenvalue weighted by molar-refractivity contribution is 6.12. The van der Waals surface area contributed by atoms with Crippen molar-refractivity contribution < 1.29 is 19.7 Å². The van der Waals surface area contributed by atoms with Gasteiger partial charge < -0.3 is 19.7 Å². The second-order valence-electron chi connectivity index (χ2n) is 14.6. The van der Waals surface area contributed by atoms with Crippen molar-refractivity contribution >= 4 is 43.1 Å². The minimum absolute atomic E-state index is 0.0444. The van der Waals surface area contributed by atoms with Crippen LogP contribution in [0.2, 0.25) is 0 Å². The maximum atomic E-state index is 9.75. The lowest BCUT2D eigenvalue weighted by Crippen LogP contribution is -1.96. The number of rotatable bonds is 9. The van der Waals surface area contributed by atoms with E-state index in [0.717, 1.165) is 54.9 Å². The van der Waals surface area contributed by atoms with Crippen LogP contribution in [0.3, 0.4) is 0 Å². The molecule has 10 aromatic rings. The van der Waals surface area contributed by atoms with Crippen LogP contribution in [0.4, 0.5) is 0 Å². The monoisotopic (exact) mass is 750 g/mol. The van der Waals surface area contributed by atoms with Crippen molar-refractivity contribution in [2.45, 2.75) is 13.2 Å². The second-order valence-corrected chi connectivity index (χ2v) is 14.6. The van der Waals surface area contributed by atoms with Crippen molar-refractivity contribution in [2.24, 2.45) is 0 Å². The van der Waals surface area contributed by atoms with E-state index in [2.05, 4.69) is 133 Å². The number of ether oxygens (including phenoxy) is 2. The van der Waals surface area contributed by atoms with Gasteiger partial charge in [-0.1, -0.05) is 146 Å². The zero-order valence-corrected chi connectivity index (χ0v) is 31.6. The van der Waals surface area contributed by atoms with Crippen LogP contribution in [0.25, 0.3) is 76.5 Å². The van der Waals surface area contributed by atoms with Gasteiger partial charge in [0.15, 0.2) is 0 Å². The Kier molecular flexibility index (Phi) is 9.11. The highest BCUT2D eigenvalue weighted by Gasteiger charge is 2.22. The van der Waals surface area contributed by atoms with Gasteiger partial charge in [0.05, 0.1) is 13.2 Å². The van der Waals surface area contributed by atoms with Crippen molar-refractivity contribution in [1.82, 2.24) is 0 Å². The topological polar surface area (TPSA) is 58.9 Å². The van der Waals surface area contributed by atoms with Crippen molar-refractivity contribution in [3.8, 4) is 56.4 Å². The quantitative estimate of drug-likeness (QED) is 0.154. The van der Waals surface area contributed by atoms with E-state index in [-0.39, 0.29) is 13.2 Å². The Balaban J connectivity index is 1.22. The Morgan fingerprint density at radius 2 is 0.741 bits per heavy atom.